The average Bonchev–Trinajstić information content (AvgIpc) is 3.51. The Morgan fingerprint density at radius 3 is 2.63 bits per heavy atom. The molecule has 1 aromatic heterocycles. The van der Waals surface area contributed by atoms with Gasteiger partial charge in [-0.1, -0.05) is 78.9 Å². The summed E-state index contributed by atoms with van der Waals surface area (Å²) in [7, 11) is 0. The van der Waals surface area contributed by atoms with E-state index >= 15 is 0 Å². The number of hydrogen-bond acceptors (Lipinski definition) is 6. The Kier molecular flexibility index (Phi) is 7.76. The monoisotopic (exact) mass is 618 g/mol. The summed E-state index contributed by atoms with van der Waals surface area (Å²) in [6.07, 6.45) is 8.25. The lowest BCUT2D eigenvalue weighted by molar-refractivity contribution is -0.113. The van der Waals surface area contributed by atoms with Crippen LogP contribution in [0.3, 0.4) is 0 Å². The molecule has 0 bridgehead atoms. The van der Waals surface area contributed by atoms with E-state index in [2.05, 4.69) is 64.2 Å². The molecule has 9 heteroatoms. The Morgan fingerprint density at radius 2 is 1.70 bits per heavy atom. The van der Waals surface area contributed by atoms with Crippen LogP contribution in [0.1, 0.15) is 0 Å². The molecule has 2 atom stereocenters. The lowest BCUT2D eigenvalue weighted by atomic mass is 10.1. The van der Waals surface area contributed by atoms with E-state index in [1.165, 1.54) is 28.5 Å². The number of para-hydroxylation sites is 1. The number of benzene rings is 4. The molecule has 0 spiro atoms. The molecule has 4 aromatic carbocycles. The van der Waals surface area contributed by atoms with Crippen LogP contribution in [-0.4, -0.2) is 34.0 Å². The number of urea groups is 1. The molecule has 0 saturated heterocycles. The molecule has 2 N–H and O–H groups in total. The number of anilines is 3. The molecule has 212 valence electrons. The van der Waals surface area contributed by atoms with Gasteiger partial charge in [-0.25, -0.2) is 9.78 Å². The highest BCUT2D eigenvalue weighted by molar-refractivity contribution is 8.00. The highest BCUT2D eigenvalue weighted by Crippen LogP contribution is 2.43. The van der Waals surface area contributed by atoms with E-state index in [0.29, 0.717) is 10.8 Å². The van der Waals surface area contributed by atoms with Crippen LogP contribution in [0, 0.1) is 0 Å². The van der Waals surface area contributed by atoms with Gasteiger partial charge in [0.1, 0.15) is 0 Å². The smallest absolute Gasteiger partial charge is 0.307 e. The Hall–Kier alpha value is -4.31. The molecule has 43 heavy (non-hydrogen) atoms. The standard InChI is InChI=1S/C34H26N4O2S3/c39-32(37-33-36-27(20-42-33)24-17-16-22-8-1-2-9-23(22)18-24)21-41-26-11-7-10-25(19-26)35-34(40)38-28-12-3-5-14-30(28)43-31-15-6-4-13-29(31)38/h1-20,28,30H,21H2,(H,35,40)(H,36,37,39). The number of nitrogens with one attached hydrogen (secondary N) is 2. The summed E-state index contributed by atoms with van der Waals surface area (Å²) in [5.41, 5.74) is 3.43. The fourth-order valence-electron chi connectivity index (χ4n) is 5.19. The van der Waals surface area contributed by atoms with E-state index in [9.17, 15) is 9.59 Å². The van der Waals surface area contributed by atoms with Crippen molar-refractivity contribution in [2.24, 2.45) is 0 Å². The van der Waals surface area contributed by atoms with Crippen LogP contribution >= 0.6 is 34.9 Å². The van der Waals surface area contributed by atoms with E-state index < -0.39 is 0 Å². The predicted molar refractivity (Wildman–Crippen MR) is 181 cm³/mol. The molecule has 3 amide bonds. The van der Waals surface area contributed by atoms with Gasteiger partial charge in [-0.15, -0.1) is 34.9 Å². The van der Waals surface area contributed by atoms with Crippen LogP contribution in [-0.2, 0) is 4.79 Å². The third-order valence-corrected chi connectivity index (χ3v) is 10.3. The van der Waals surface area contributed by atoms with Crippen molar-refractivity contribution in [3.63, 3.8) is 0 Å². The van der Waals surface area contributed by atoms with Gasteiger partial charge >= 0.3 is 6.03 Å². The molecule has 1 aliphatic heterocycles. The Labute approximate surface area is 261 Å². The lowest BCUT2D eigenvalue weighted by Crippen LogP contribution is -2.49. The maximum absolute atomic E-state index is 13.6. The number of aromatic nitrogens is 1. The minimum atomic E-state index is -0.186. The predicted octanol–water partition coefficient (Wildman–Crippen LogP) is 8.70. The van der Waals surface area contributed by atoms with Crippen LogP contribution in [0.15, 0.2) is 130 Å². The third-order valence-electron chi connectivity index (χ3n) is 7.21. The first-order valence-corrected chi connectivity index (χ1v) is 16.5. The summed E-state index contributed by atoms with van der Waals surface area (Å²) in [4.78, 5) is 34.8. The zero-order valence-corrected chi connectivity index (χ0v) is 25.3. The van der Waals surface area contributed by atoms with Gasteiger partial charge in [0.05, 0.1) is 28.4 Å². The van der Waals surface area contributed by atoms with Gasteiger partial charge in [0.25, 0.3) is 0 Å². The summed E-state index contributed by atoms with van der Waals surface area (Å²) in [5.74, 6) is 0.0874. The first-order chi connectivity index (χ1) is 21.1. The first kappa shape index (κ1) is 27.5. The van der Waals surface area contributed by atoms with Gasteiger partial charge in [0, 0.05) is 26.4 Å². The van der Waals surface area contributed by atoms with Gasteiger partial charge in [0.2, 0.25) is 5.91 Å². The van der Waals surface area contributed by atoms with Gasteiger partial charge in [-0.2, -0.15) is 0 Å². The minimum Gasteiger partial charge on any atom is -0.307 e. The number of carbonyl (C=O) groups is 2. The second-order valence-electron chi connectivity index (χ2n) is 10.1. The van der Waals surface area contributed by atoms with E-state index in [1.807, 2.05) is 77.0 Å². The van der Waals surface area contributed by atoms with Gasteiger partial charge in [-0.05, 0) is 47.2 Å². The molecule has 7 rings (SSSR count). The summed E-state index contributed by atoms with van der Waals surface area (Å²) in [5, 5.41) is 11.0. The second kappa shape index (κ2) is 12.1. The third kappa shape index (κ3) is 5.97. The van der Waals surface area contributed by atoms with Crippen molar-refractivity contribution in [3.8, 4) is 11.3 Å². The quantitative estimate of drug-likeness (QED) is 0.186. The van der Waals surface area contributed by atoms with E-state index in [1.54, 1.807) is 11.8 Å². The van der Waals surface area contributed by atoms with Crippen molar-refractivity contribution in [1.29, 1.82) is 0 Å². The number of hydrogen-bond donors (Lipinski definition) is 2. The number of nitrogens with zero attached hydrogens (tertiary/aromatic N) is 2. The molecule has 0 radical (unpaired) electrons. The molecule has 2 unspecified atom stereocenters. The fraction of sp³-hybridized carbons (Fsp3) is 0.0882. The van der Waals surface area contributed by atoms with Crippen LogP contribution in [0.4, 0.5) is 21.3 Å². The molecule has 6 nitrogen and oxygen atoms in total. The molecule has 0 fully saturated rings. The number of fused-ring (bicyclic) bond motifs is 3. The highest BCUT2D eigenvalue weighted by atomic mass is 32.2. The zero-order chi connectivity index (χ0) is 29.2. The molecule has 2 heterocycles. The van der Waals surface area contributed by atoms with Crippen LogP contribution in [0.2, 0.25) is 0 Å². The van der Waals surface area contributed by atoms with Crippen LogP contribution < -0.4 is 15.5 Å². The Morgan fingerprint density at radius 1 is 0.860 bits per heavy atom. The summed E-state index contributed by atoms with van der Waals surface area (Å²) < 4.78 is 0. The summed E-state index contributed by atoms with van der Waals surface area (Å²) in [6, 6.07) is 29.8. The van der Waals surface area contributed by atoms with Crippen LogP contribution in [0.5, 0.6) is 0 Å². The number of rotatable bonds is 6. The zero-order valence-electron chi connectivity index (χ0n) is 22.8. The average molecular weight is 619 g/mol. The molecule has 0 saturated carbocycles. The SMILES string of the molecule is O=C(CSc1cccc(NC(=O)N2c3ccccc3SC3C=CC=CC32)c1)Nc1nc(-c2ccc3ccccc3c2)cs1. The van der Waals surface area contributed by atoms with E-state index in [4.69, 9.17) is 0 Å². The normalized spacial score (nSPS) is 16.9. The second-order valence-corrected chi connectivity index (χ2v) is 13.2. The molecule has 1 aliphatic carbocycles. The summed E-state index contributed by atoms with van der Waals surface area (Å²) >= 11 is 4.60. The number of thiazole rings is 1. The van der Waals surface area contributed by atoms with Crippen molar-refractivity contribution < 1.29 is 9.59 Å². The number of amides is 3. The van der Waals surface area contributed by atoms with Crippen molar-refractivity contribution in [2.45, 2.75) is 21.1 Å². The van der Waals surface area contributed by atoms with Gasteiger partial charge in [-0.3, -0.25) is 9.69 Å². The largest absolute Gasteiger partial charge is 0.326 e. The maximum atomic E-state index is 13.6. The number of carbonyl (C=O) groups excluding carboxylic acids is 2. The van der Waals surface area contributed by atoms with Gasteiger partial charge < -0.3 is 10.6 Å². The minimum absolute atomic E-state index is 0.0706. The van der Waals surface area contributed by atoms with Crippen LogP contribution in [0.25, 0.3) is 22.0 Å². The topological polar surface area (TPSA) is 74.3 Å². The Balaban J connectivity index is 0.983. The molecular formula is C34H26N4O2S3. The van der Waals surface area contributed by atoms with Crippen molar-refractivity contribution in [2.75, 3.05) is 21.3 Å². The van der Waals surface area contributed by atoms with E-state index in [-0.39, 0.29) is 29.0 Å². The first-order valence-electron chi connectivity index (χ1n) is 13.8. The van der Waals surface area contributed by atoms with Crippen molar-refractivity contribution >= 4 is 74.1 Å². The Bertz CT molecular complexity index is 1900. The van der Waals surface area contributed by atoms with Gasteiger partial charge in [0.15, 0.2) is 5.13 Å². The summed E-state index contributed by atoms with van der Waals surface area (Å²) in [6.45, 7) is 0. The number of allylic oxidation sites excluding steroid dienone is 2. The van der Waals surface area contributed by atoms with E-state index in [0.717, 1.165) is 32.1 Å². The lowest BCUT2D eigenvalue weighted by Gasteiger charge is -2.40. The van der Waals surface area contributed by atoms with Crippen molar-refractivity contribution in [1.82, 2.24) is 4.98 Å². The number of thioether (sulfide) groups is 2. The maximum Gasteiger partial charge on any atom is 0.326 e. The molecular weight excluding hydrogens is 593 g/mol. The van der Waals surface area contributed by atoms with Crippen molar-refractivity contribution in [3.05, 3.63) is 121 Å². The highest BCUT2D eigenvalue weighted by Gasteiger charge is 2.36. The fourth-order valence-corrected chi connectivity index (χ4v) is 7.94. The molecule has 2 aliphatic rings. The molecule has 5 aromatic rings.